The zero-order chi connectivity index (χ0) is 13.6. The lowest BCUT2D eigenvalue weighted by atomic mass is 9.63. The molecule has 3 rings (SSSR count). The van der Waals surface area contributed by atoms with E-state index >= 15 is 0 Å². The maximum absolute atomic E-state index is 5.91. The highest BCUT2D eigenvalue weighted by Crippen LogP contribution is 2.51. The molecule has 2 saturated heterocycles. The second-order valence-corrected chi connectivity index (χ2v) is 7.31. The molecule has 3 heteroatoms. The number of nitrogens with zero attached hydrogens (tertiary/aromatic N) is 1. The Balaban J connectivity index is 1.68. The zero-order valence-electron chi connectivity index (χ0n) is 13.0. The average molecular weight is 266 g/mol. The van der Waals surface area contributed by atoms with Gasteiger partial charge in [-0.05, 0) is 46.1 Å². The van der Waals surface area contributed by atoms with Crippen LogP contribution < -0.4 is 5.32 Å². The van der Waals surface area contributed by atoms with Crippen molar-refractivity contribution in [3.8, 4) is 0 Å². The maximum atomic E-state index is 5.91. The highest BCUT2D eigenvalue weighted by molar-refractivity contribution is 5.10. The van der Waals surface area contributed by atoms with Gasteiger partial charge in [-0.3, -0.25) is 4.90 Å². The number of rotatable bonds is 4. The van der Waals surface area contributed by atoms with Crippen LogP contribution in [-0.2, 0) is 4.74 Å². The van der Waals surface area contributed by atoms with E-state index in [0.717, 1.165) is 30.8 Å². The quantitative estimate of drug-likeness (QED) is 0.845. The van der Waals surface area contributed by atoms with Crippen LogP contribution in [0.4, 0.5) is 0 Å². The monoisotopic (exact) mass is 266 g/mol. The molecule has 0 aromatic heterocycles. The Labute approximate surface area is 118 Å². The van der Waals surface area contributed by atoms with Crippen molar-refractivity contribution in [1.29, 1.82) is 0 Å². The van der Waals surface area contributed by atoms with Crippen LogP contribution in [0.5, 0.6) is 0 Å². The van der Waals surface area contributed by atoms with Crippen molar-refractivity contribution in [2.45, 2.75) is 83.1 Å². The molecule has 3 nitrogen and oxygen atoms in total. The molecule has 3 fully saturated rings. The summed E-state index contributed by atoms with van der Waals surface area (Å²) in [6.45, 7) is 7.79. The number of hydrogen-bond donors (Lipinski definition) is 1. The Hall–Kier alpha value is -0.120. The summed E-state index contributed by atoms with van der Waals surface area (Å²) in [6, 6.07) is 3.14. The predicted molar refractivity (Wildman–Crippen MR) is 78.3 cm³/mol. The first-order valence-electron chi connectivity index (χ1n) is 8.14. The summed E-state index contributed by atoms with van der Waals surface area (Å²) in [6.07, 6.45) is 7.24. The van der Waals surface area contributed by atoms with E-state index < -0.39 is 0 Å². The zero-order valence-corrected chi connectivity index (χ0v) is 13.0. The predicted octanol–water partition coefficient (Wildman–Crippen LogP) is 2.40. The van der Waals surface area contributed by atoms with Crippen molar-refractivity contribution >= 4 is 0 Å². The van der Waals surface area contributed by atoms with Crippen LogP contribution in [0.15, 0.2) is 0 Å². The van der Waals surface area contributed by atoms with Crippen LogP contribution in [0.3, 0.4) is 0 Å². The lowest BCUT2D eigenvalue weighted by molar-refractivity contribution is -0.165. The molecule has 1 N–H and O–H groups in total. The van der Waals surface area contributed by atoms with Crippen LogP contribution >= 0.6 is 0 Å². The van der Waals surface area contributed by atoms with Gasteiger partial charge in [0, 0.05) is 36.2 Å². The van der Waals surface area contributed by atoms with Gasteiger partial charge in [-0.1, -0.05) is 13.8 Å². The van der Waals surface area contributed by atoms with Gasteiger partial charge in [-0.25, -0.2) is 0 Å². The van der Waals surface area contributed by atoms with Crippen LogP contribution in [0.2, 0.25) is 0 Å². The minimum Gasteiger partial charge on any atom is -0.378 e. The van der Waals surface area contributed by atoms with E-state index in [0.29, 0.717) is 11.5 Å². The van der Waals surface area contributed by atoms with E-state index in [2.05, 4.69) is 38.0 Å². The summed E-state index contributed by atoms with van der Waals surface area (Å²) in [7, 11) is 2.12. The minimum absolute atomic E-state index is 0.337. The van der Waals surface area contributed by atoms with E-state index in [-0.39, 0.29) is 0 Å². The third-order valence-electron chi connectivity index (χ3n) is 6.05. The molecule has 4 atom stereocenters. The summed E-state index contributed by atoms with van der Waals surface area (Å²) in [5, 5.41) is 3.50. The molecule has 0 spiro atoms. The number of piperidine rings is 1. The van der Waals surface area contributed by atoms with Crippen molar-refractivity contribution in [2.24, 2.45) is 5.41 Å². The highest BCUT2D eigenvalue weighted by atomic mass is 16.5. The molecular weight excluding hydrogens is 236 g/mol. The highest BCUT2D eigenvalue weighted by Gasteiger charge is 2.56. The first kappa shape index (κ1) is 13.8. The first-order valence-corrected chi connectivity index (χ1v) is 8.14. The number of hydrogen-bond acceptors (Lipinski definition) is 3. The van der Waals surface area contributed by atoms with Gasteiger partial charge in [0.15, 0.2) is 0 Å². The van der Waals surface area contributed by atoms with E-state index in [1.54, 1.807) is 0 Å². The summed E-state index contributed by atoms with van der Waals surface area (Å²) in [4.78, 5) is 2.88. The van der Waals surface area contributed by atoms with E-state index in [1.165, 1.54) is 32.1 Å². The molecule has 3 aliphatic rings. The van der Waals surface area contributed by atoms with E-state index in [9.17, 15) is 0 Å². The fraction of sp³-hybridized carbons (Fsp3) is 1.00. The third-order valence-corrected chi connectivity index (χ3v) is 6.05. The molecular formula is C16H30N2O. The number of fused-ring (bicyclic) bond motifs is 2. The van der Waals surface area contributed by atoms with Gasteiger partial charge in [0.05, 0.1) is 6.10 Å². The Morgan fingerprint density at radius 3 is 2.26 bits per heavy atom. The van der Waals surface area contributed by atoms with Gasteiger partial charge in [0.1, 0.15) is 0 Å². The van der Waals surface area contributed by atoms with E-state index in [4.69, 9.17) is 4.74 Å². The minimum atomic E-state index is 0.337. The number of nitrogens with one attached hydrogen (secondary N) is 1. The molecule has 2 heterocycles. The molecule has 2 bridgehead atoms. The summed E-state index contributed by atoms with van der Waals surface area (Å²) < 4.78 is 5.91. The summed E-state index contributed by atoms with van der Waals surface area (Å²) in [5.74, 6) is 0. The second-order valence-electron chi connectivity index (χ2n) is 7.31. The van der Waals surface area contributed by atoms with Crippen LogP contribution in [0.25, 0.3) is 0 Å². The third kappa shape index (κ3) is 2.14. The average Bonchev–Trinajstić information content (AvgIpc) is 2.63. The Morgan fingerprint density at radius 2 is 1.79 bits per heavy atom. The fourth-order valence-electron chi connectivity index (χ4n) is 4.81. The van der Waals surface area contributed by atoms with Crippen molar-refractivity contribution in [2.75, 3.05) is 13.7 Å². The molecule has 4 unspecified atom stereocenters. The maximum Gasteiger partial charge on any atom is 0.0655 e. The molecule has 0 aromatic rings. The largest absolute Gasteiger partial charge is 0.378 e. The standard InChI is InChI=1S/C16H30N2O/c1-5-19-15-10-14(16(15,2)3)18-12-6-7-13(18)9-11(8-12)17-4/h11-15,17H,5-10H2,1-4H3. The topological polar surface area (TPSA) is 24.5 Å². The second kappa shape index (κ2) is 5.01. The molecule has 0 amide bonds. The van der Waals surface area contributed by atoms with Crippen LogP contribution in [-0.4, -0.2) is 48.8 Å². The van der Waals surface area contributed by atoms with Crippen LogP contribution in [0.1, 0.15) is 52.9 Å². The van der Waals surface area contributed by atoms with Gasteiger partial charge in [0.25, 0.3) is 0 Å². The molecule has 0 radical (unpaired) electrons. The van der Waals surface area contributed by atoms with Gasteiger partial charge in [-0.15, -0.1) is 0 Å². The molecule has 0 aromatic carbocycles. The molecule has 2 aliphatic heterocycles. The Kier molecular flexibility index (Phi) is 3.65. The first-order chi connectivity index (χ1) is 9.07. The van der Waals surface area contributed by atoms with Crippen LogP contribution in [0, 0.1) is 5.41 Å². The summed E-state index contributed by atoms with van der Waals surface area (Å²) >= 11 is 0. The molecule has 1 aliphatic carbocycles. The van der Waals surface area contributed by atoms with Gasteiger partial charge < -0.3 is 10.1 Å². The van der Waals surface area contributed by atoms with E-state index in [1.807, 2.05) is 0 Å². The lowest BCUT2D eigenvalue weighted by Crippen LogP contribution is -2.66. The number of ether oxygens (including phenoxy) is 1. The normalized spacial score (nSPS) is 45.2. The van der Waals surface area contributed by atoms with Crippen molar-refractivity contribution < 1.29 is 4.74 Å². The smallest absolute Gasteiger partial charge is 0.0655 e. The Bertz CT molecular complexity index is 317. The molecule has 110 valence electrons. The Morgan fingerprint density at radius 1 is 1.16 bits per heavy atom. The fourth-order valence-corrected chi connectivity index (χ4v) is 4.81. The lowest BCUT2D eigenvalue weighted by Gasteiger charge is -2.59. The molecule has 1 saturated carbocycles. The summed E-state index contributed by atoms with van der Waals surface area (Å²) in [5.41, 5.74) is 0.337. The van der Waals surface area contributed by atoms with Gasteiger partial charge in [0.2, 0.25) is 0 Å². The van der Waals surface area contributed by atoms with Crippen molar-refractivity contribution in [1.82, 2.24) is 10.2 Å². The van der Waals surface area contributed by atoms with Crippen molar-refractivity contribution in [3.05, 3.63) is 0 Å². The van der Waals surface area contributed by atoms with Crippen molar-refractivity contribution in [3.63, 3.8) is 0 Å². The van der Waals surface area contributed by atoms with Gasteiger partial charge >= 0.3 is 0 Å². The SMILES string of the molecule is CCOC1CC(N2C3CCC2CC(NC)C3)C1(C)C. The molecule has 19 heavy (non-hydrogen) atoms. The van der Waals surface area contributed by atoms with Gasteiger partial charge in [-0.2, -0.15) is 0 Å².